The van der Waals surface area contributed by atoms with Gasteiger partial charge in [0.2, 0.25) is 12.0 Å². The van der Waals surface area contributed by atoms with Crippen LogP contribution in [0.4, 0.5) is 0 Å². The van der Waals surface area contributed by atoms with Crippen LogP contribution in [0.15, 0.2) is 65.3 Å². The first-order valence-electron chi connectivity index (χ1n) is 19.1. The molecule has 1 aliphatic heterocycles. The fourth-order valence-electron chi connectivity index (χ4n) is 10.2. The van der Waals surface area contributed by atoms with Gasteiger partial charge in [-0.15, -0.1) is 0 Å². The van der Waals surface area contributed by atoms with E-state index in [-0.39, 0.29) is 31.4 Å². The first-order chi connectivity index (χ1) is 25.8. The van der Waals surface area contributed by atoms with Crippen molar-refractivity contribution in [2.45, 2.75) is 134 Å². The molecule has 4 N–H and O–H groups in total. The van der Waals surface area contributed by atoms with Crippen LogP contribution in [0.25, 0.3) is 0 Å². The molecule has 55 heavy (non-hydrogen) atoms. The number of ether oxygens (including phenoxy) is 4. The van der Waals surface area contributed by atoms with E-state index in [1.54, 1.807) is 77.1 Å². The Kier molecular flexibility index (Phi) is 10.8. The molecule has 0 radical (unpaired) electrons. The Morgan fingerprint density at radius 3 is 2.33 bits per heavy atom. The van der Waals surface area contributed by atoms with Crippen LogP contribution in [0.2, 0.25) is 0 Å². The molecule has 6 rings (SSSR count). The fraction of sp³-hybridized carbons (Fsp3) is 0.595. The van der Waals surface area contributed by atoms with E-state index in [1.807, 2.05) is 6.08 Å². The van der Waals surface area contributed by atoms with Gasteiger partial charge >= 0.3 is 17.9 Å². The van der Waals surface area contributed by atoms with Gasteiger partial charge in [-0.05, 0) is 49.0 Å². The van der Waals surface area contributed by atoms with Crippen LogP contribution in [0.5, 0.6) is 0 Å². The SMILES string of the molecule is CCC(=O)O[C@@H](C(=O)O[C@H]1C[C@@]2(O)[C@@H](c3ccccc3)C3C(C)(C(=O)[C@H](O)C(=C1C)C2(C)C)[C@@H](O)CC1OC[C@]13OC(C)=O)[C@@H](NC(C)=O)C1=CC=CCC1. The Hall–Kier alpha value is -4.17. The zero-order chi connectivity index (χ0) is 40.2. The molecule has 11 atom stereocenters. The third-order valence-electron chi connectivity index (χ3n) is 13.1. The second kappa shape index (κ2) is 14.7. The molecular weight excluding hydrogens is 710 g/mol. The number of fused-ring (bicyclic) bond motifs is 5. The highest BCUT2D eigenvalue weighted by molar-refractivity contribution is 5.93. The number of benzene rings is 1. The average Bonchev–Trinajstić information content (AvgIpc) is 3.13. The number of rotatable bonds is 9. The number of hydrogen-bond acceptors (Lipinski definition) is 12. The third kappa shape index (κ3) is 6.46. The van der Waals surface area contributed by atoms with Gasteiger partial charge in [0.05, 0.1) is 29.8 Å². The summed E-state index contributed by atoms with van der Waals surface area (Å²) in [6, 6.07) is 7.85. The molecule has 1 aromatic carbocycles. The molecule has 2 saturated carbocycles. The van der Waals surface area contributed by atoms with Gasteiger partial charge in [0.15, 0.2) is 11.4 Å². The van der Waals surface area contributed by atoms with E-state index in [0.717, 1.165) is 0 Å². The van der Waals surface area contributed by atoms with Crippen molar-refractivity contribution in [2.24, 2.45) is 16.7 Å². The van der Waals surface area contributed by atoms with E-state index in [1.165, 1.54) is 13.8 Å². The van der Waals surface area contributed by atoms with Gasteiger partial charge in [0.25, 0.3) is 0 Å². The minimum atomic E-state index is -1.96. The topological polar surface area (TPSA) is 195 Å². The summed E-state index contributed by atoms with van der Waals surface area (Å²) in [4.78, 5) is 67.6. The van der Waals surface area contributed by atoms with E-state index in [4.69, 9.17) is 18.9 Å². The lowest BCUT2D eigenvalue weighted by atomic mass is 9.41. The van der Waals surface area contributed by atoms with Crippen LogP contribution in [-0.2, 0) is 42.9 Å². The Morgan fingerprint density at radius 2 is 1.76 bits per heavy atom. The van der Waals surface area contributed by atoms with E-state index >= 15 is 4.79 Å². The summed E-state index contributed by atoms with van der Waals surface area (Å²) in [5.74, 6) is -5.77. The highest BCUT2D eigenvalue weighted by Gasteiger charge is 2.77. The number of amides is 1. The summed E-state index contributed by atoms with van der Waals surface area (Å²) in [5, 5.41) is 40.6. The lowest BCUT2D eigenvalue weighted by Crippen LogP contribution is -2.79. The quantitative estimate of drug-likeness (QED) is 0.163. The normalized spacial score (nSPS) is 36.0. The lowest BCUT2D eigenvalue weighted by molar-refractivity contribution is -0.332. The molecule has 13 nitrogen and oxygen atoms in total. The number of ketones is 1. The molecule has 4 aliphatic carbocycles. The van der Waals surface area contributed by atoms with Crippen molar-refractivity contribution in [3.63, 3.8) is 0 Å². The molecule has 1 heterocycles. The molecule has 2 bridgehead atoms. The minimum Gasteiger partial charge on any atom is -0.455 e. The molecule has 0 aromatic heterocycles. The van der Waals surface area contributed by atoms with Crippen molar-refractivity contribution < 1.29 is 58.2 Å². The largest absolute Gasteiger partial charge is 0.455 e. The molecule has 1 amide bonds. The molecule has 3 fully saturated rings. The maximum Gasteiger partial charge on any atom is 0.350 e. The van der Waals surface area contributed by atoms with Gasteiger partial charge in [-0.1, -0.05) is 69.3 Å². The van der Waals surface area contributed by atoms with E-state index in [9.17, 15) is 34.5 Å². The van der Waals surface area contributed by atoms with E-state index < -0.39 is 100 Å². The maximum absolute atomic E-state index is 15.0. The number of esters is 3. The summed E-state index contributed by atoms with van der Waals surface area (Å²) >= 11 is 0. The minimum absolute atomic E-state index is 0.0557. The van der Waals surface area contributed by atoms with Crippen molar-refractivity contribution in [3.8, 4) is 0 Å². The van der Waals surface area contributed by atoms with Crippen molar-refractivity contribution >= 4 is 29.6 Å². The van der Waals surface area contributed by atoms with Crippen LogP contribution in [-0.4, -0.2) is 99.3 Å². The number of aliphatic hydroxyl groups is 3. The zero-order valence-electron chi connectivity index (χ0n) is 32.5. The first kappa shape index (κ1) is 40.5. The lowest BCUT2D eigenvalue weighted by Gasteiger charge is -2.68. The highest BCUT2D eigenvalue weighted by Crippen LogP contribution is 2.67. The standard InChI is InChI=1S/C42H53NO12/c1-8-30(47)54-35(33(43-23(3)44)26-17-13-10-14-18-26)38(50)53-27-20-42(51)32(25-15-11-9-12-16-25)36-40(7,37(49)34(48)31(22(27)2)39(42,5)6)28(46)19-29-41(36,21-52-29)55-24(4)45/h9-13,15-17,27-29,32-36,46,48,51H,8,14,18-21H2,1-7H3,(H,43,44)/t27-,28-,29?,32-,33-,34+,35+,36?,40?,41-,42+/m0/s1. The highest BCUT2D eigenvalue weighted by atomic mass is 16.6. The van der Waals surface area contributed by atoms with Gasteiger partial charge in [-0.2, -0.15) is 0 Å². The molecular formula is C42H53NO12. The van der Waals surface area contributed by atoms with E-state index in [2.05, 4.69) is 5.32 Å². The summed E-state index contributed by atoms with van der Waals surface area (Å²) in [5.41, 5.74) is -4.97. The number of nitrogens with one attached hydrogen (secondary N) is 1. The van der Waals surface area contributed by atoms with Crippen LogP contribution < -0.4 is 5.32 Å². The number of hydrogen-bond donors (Lipinski definition) is 4. The number of Topliss-reactive ketones (excluding diaryl/α,β-unsaturated/α-hetero) is 1. The Labute approximate surface area is 321 Å². The van der Waals surface area contributed by atoms with Gasteiger partial charge in [-0.25, -0.2) is 4.79 Å². The summed E-state index contributed by atoms with van der Waals surface area (Å²) < 4.78 is 24.0. The van der Waals surface area contributed by atoms with Crippen LogP contribution in [0, 0.1) is 16.7 Å². The Morgan fingerprint density at radius 1 is 1.07 bits per heavy atom. The monoisotopic (exact) mass is 763 g/mol. The molecule has 1 aromatic rings. The smallest absolute Gasteiger partial charge is 0.350 e. The zero-order valence-corrected chi connectivity index (χ0v) is 32.5. The van der Waals surface area contributed by atoms with Crippen molar-refractivity contribution in [2.75, 3.05) is 6.61 Å². The second-order valence-corrected chi connectivity index (χ2v) is 16.4. The fourth-order valence-corrected chi connectivity index (χ4v) is 10.2. The number of allylic oxidation sites excluding steroid dienone is 3. The predicted octanol–water partition coefficient (Wildman–Crippen LogP) is 3.29. The molecule has 5 aliphatic rings. The van der Waals surface area contributed by atoms with Crippen molar-refractivity contribution in [1.82, 2.24) is 5.32 Å². The number of carbonyl (C=O) groups is 5. The van der Waals surface area contributed by atoms with Crippen LogP contribution >= 0.6 is 0 Å². The van der Waals surface area contributed by atoms with Gasteiger partial charge in [-0.3, -0.25) is 19.2 Å². The summed E-state index contributed by atoms with van der Waals surface area (Å²) in [6.45, 7) is 10.6. The predicted molar refractivity (Wildman–Crippen MR) is 197 cm³/mol. The molecule has 1 saturated heterocycles. The van der Waals surface area contributed by atoms with Crippen LogP contribution in [0.3, 0.4) is 0 Å². The van der Waals surface area contributed by atoms with Gasteiger partial charge in [0, 0.05) is 50.4 Å². The molecule has 13 heteroatoms. The molecule has 3 unspecified atom stereocenters. The Balaban J connectivity index is 1.54. The summed E-state index contributed by atoms with van der Waals surface area (Å²) in [7, 11) is 0. The van der Waals surface area contributed by atoms with E-state index in [0.29, 0.717) is 29.6 Å². The molecule has 0 spiro atoms. The maximum atomic E-state index is 15.0. The van der Waals surface area contributed by atoms with Gasteiger partial charge < -0.3 is 39.6 Å². The summed E-state index contributed by atoms with van der Waals surface area (Å²) in [6.07, 6.45) is -0.758. The van der Waals surface area contributed by atoms with Crippen molar-refractivity contribution in [3.05, 3.63) is 70.8 Å². The third-order valence-corrected chi connectivity index (χ3v) is 13.1. The van der Waals surface area contributed by atoms with Crippen LogP contribution in [0.1, 0.15) is 92.1 Å². The van der Waals surface area contributed by atoms with Gasteiger partial charge in [0.1, 0.15) is 18.3 Å². The number of carbonyl (C=O) groups excluding carboxylic acids is 5. The molecule has 298 valence electrons. The van der Waals surface area contributed by atoms with Crippen molar-refractivity contribution in [1.29, 1.82) is 0 Å². The second-order valence-electron chi connectivity index (χ2n) is 16.4. The Bertz CT molecular complexity index is 1830. The average molecular weight is 764 g/mol. The first-order valence-corrected chi connectivity index (χ1v) is 19.1. The number of aliphatic hydroxyl groups excluding tert-OH is 2.